The summed E-state index contributed by atoms with van der Waals surface area (Å²) in [6.45, 7) is 3.01. The molecule has 90 valence electrons. The Kier molecular flexibility index (Phi) is 2.73. The molecule has 0 aromatic carbocycles. The Morgan fingerprint density at radius 3 is 2.76 bits per heavy atom. The quantitative estimate of drug-likeness (QED) is 0.867. The Morgan fingerprint density at radius 2 is 2.00 bits per heavy atom. The van der Waals surface area contributed by atoms with Gasteiger partial charge in [0.25, 0.3) is 0 Å². The van der Waals surface area contributed by atoms with Crippen molar-refractivity contribution < 1.29 is 0 Å². The average Bonchev–Trinajstić information content (AvgIpc) is 2.96. The number of hydrogen-bond donors (Lipinski definition) is 1. The first kappa shape index (κ1) is 10.6. The van der Waals surface area contributed by atoms with E-state index in [-0.39, 0.29) is 0 Å². The molecule has 3 rings (SSSR count). The van der Waals surface area contributed by atoms with Crippen LogP contribution in [0.25, 0.3) is 5.65 Å². The summed E-state index contributed by atoms with van der Waals surface area (Å²) in [5, 5.41) is 0. The van der Waals surface area contributed by atoms with Crippen molar-refractivity contribution in [2.24, 2.45) is 5.73 Å². The molecule has 4 nitrogen and oxygen atoms in total. The second-order valence-electron chi connectivity index (χ2n) is 4.62. The molecule has 1 fully saturated rings. The summed E-state index contributed by atoms with van der Waals surface area (Å²) in [4.78, 5) is 6.97. The lowest BCUT2D eigenvalue weighted by atomic mass is 10.3. The maximum Gasteiger partial charge on any atom is 0.137 e. The van der Waals surface area contributed by atoms with Crippen molar-refractivity contribution >= 4 is 11.3 Å². The van der Waals surface area contributed by atoms with Crippen LogP contribution in [-0.2, 0) is 6.42 Å². The van der Waals surface area contributed by atoms with Crippen molar-refractivity contribution in [2.45, 2.75) is 19.3 Å². The van der Waals surface area contributed by atoms with Crippen molar-refractivity contribution in [1.29, 1.82) is 0 Å². The standard InChI is InChI=1S/C13H18N4/c14-6-5-11-9-17-10-12(3-4-13(17)15-11)16-7-1-2-8-16/h3-4,9-10H,1-2,5-8,14H2. The first-order valence-electron chi connectivity index (χ1n) is 6.29. The molecule has 0 amide bonds. The fourth-order valence-corrected chi connectivity index (χ4v) is 2.46. The number of aromatic nitrogens is 2. The fraction of sp³-hybridized carbons (Fsp3) is 0.462. The molecular formula is C13H18N4. The Morgan fingerprint density at radius 1 is 1.18 bits per heavy atom. The number of fused-ring (bicyclic) bond motifs is 1. The van der Waals surface area contributed by atoms with Crippen LogP contribution < -0.4 is 10.6 Å². The molecule has 0 bridgehead atoms. The van der Waals surface area contributed by atoms with Gasteiger partial charge in [0, 0.05) is 31.9 Å². The third kappa shape index (κ3) is 2.00. The normalized spacial score (nSPS) is 15.9. The van der Waals surface area contributed by atoms with Crippen LogP contribution in [0.2, 0.25) is 0 Å². The predicted molar refractivity (Wildman–Crippen MR) is 69.4 cm³/mol. The van der Waals surface area contributed by atoms with E-state index < -0.39 is 0 Å². The van der Waals surface area contributed by atoms with Crippen molar-refractivity contribution in [3.05, 3.63) is 30.2 Å². The molecule has 17 heavy (non-hydrogen) atoms. The molecule has 2 N–H and O–H groups in total. The summed E-state index contributed by atoms with van der Waals surface area (Å²) in [7, 11) is 0. The zero-order valence-corrected chi connectivity index (χ0v) is 9.97. The second-order valence-corrected chi connectivity index (χ2v) is 4.62. The minimum absolute atomic E-state index is 0.656. The van der Waals surface area contributed by atoms with Gasteiger partial charge in [-0.15, -0.1) is 0 Å². The highest BCUT2D eigenvalue weighted by atomic mass is 15.2. The SMILES string of the molecule is NCCc1cn2cc(N3CCCC3)ccc2n1. The van der Waals surface area contributed by atoms with Crippen molar-refractivity contribution in [3.63, 3.8) is 0 Å². The van der Waals surface area contributed by atoms with Gasteiger partial charge in [0.05, 0.1) is 11.4 Å². The molecule has 0 atom stereocenters. The second kappa shape index (κ2) is 4.37. The first-order valence-corrected chi connectivity index (χ1v) is 6.29. The van der Waals surface area contributed by atoms with E-state index in [1.54, 1.807) is 0 Å². The number of nitrogens with two attached hydrogens (primary N) is 1. The molecular weight excluding hydrogens is 212 g/mol. The van der Waals surface area contributed by atoms with Crippen LogP contribution in [0.15, 0.2) is 24.5 Å². The lowest BCUT2D eigenvalue weighted by molar-refractivity contribution is 0.936. The Bertz CT molecular complexity index is 511. The number of anilines is 1. The molecule has 0 unspecified atom stereocenters. The maximum atomic E-state index is 5.55. The summed E-state index contributed by atoms with van der Waals surface area (Å²) in [5.41, 5.74) is 8.94. The molecule has 4 heteroatoms. The van der Waals surface area contributed by atoms with E-state index in [1.165, 1.54) is 31.6 Å². The van der Waals surface area contributed by atoms with Gasteiger partial charge in [-0.3, -0.25) is 0 Å². The zero-order chi connectivity index (χ0) is 11.7. The van der Waals surface area contributed by atoms with Crippen LogP contribution in [0, 0.1) is 0 Å². The molecule has 0 spiro atoms. The number of pyridine rings is 1. The molecule has 1 aliphatic heterocycles. The topological polar surface area (TPSA) is 46.6 Å². The summed E-state index contributed by atoms with van der Waals surface area (Å²) >= 11 is 0. The Hall–Kier alpha value is -1.55. The minimum atomic E-state index is 0.656. The van der Waals surface area contributed by atoms with Crippen LogP contribution in [0.3, 0.4) is 0 Å². The van der Waals surface area contributed by atoms with E-state index in [2.05, 4.69) is 38.8 Å². The van der Waals surface area contributed by atoms with Gasteiger partial charge in [-0.25, -0.2) is 4.98 Å². The molecule has 2 aromatic rings. The number of imidazole rings is 1. The van der Waals surface area contributed by atoms with E-state index in [0.29, 0.717) is 6.54 Å². The molecule has 0 saturated carbocycles. The van der Waals surface area contributed by atoms with Crippen molar-refractivity contribution in [1.82, 2.24) is 9.38 Å². The largest absolute Gasteiger partial charge is 0.370 e. The van der Waals surface area contributed by atoms with Gasteiger partial charge in [0.15, 0.2) is 0 Å². The lowest BCUT2D eigenvalue weighted by Gasteiger charge is -2.17. The van der Waals surface area contributed by atoms with Crippen LogP contribution >= 0.6 is 0 Å². The summed E-state index contributed by atoms with van der Waals surface area (Å²) in [6, 6.07) is 4.26. The highest BCUT2D eigenvalue weighted by Gasteiger charge is 2.12. The predicted octanol–water partition coefficient (Wildman–Crippen LogP) is 1.44. The monoisotopic (exact) mass is 230 g/mol. The highest BCUT2D eigenvalue weighted by molar-refractivity contribution is 5.53. The van der Waals surface area contributed by atoms with E-state index in [4.69, 9.17) is 5.73 Å². The molecule has 2 aromatic heterocycles. The van der Waals surface area contributed by atoms with E-state index in [0.717, 1.165) is 17.8 Å². The van der Waals surface area contributed by atoms with Crippen LogP contribution in [0.5, 0.6) is 0 Å². The van der Waals surface area contributed by atoms with E-state index >= 15 is 0 Å². The van der Waals surface area contributed by atoms with Gasteiger partial charge in [-0.1, -0.05) is 0 Å². The smallest absolute Gasteiger partial charge is 0.137 e. The fourth-order valence-electron chi connectivity index (χ4n) is 2.46. The molecule has 0 radical (unpaired) electrons. The summed E-state index contributed by atoms with van der Waals surface area (Å²) < 4.78 is 2.11. The number of rotatable bonds is 3. The van der Waals surface area contributed by atoms with E-state index in [9.17, 15) is 0 Å². The zero-order valence-electron chi connectivity index (χ0n) is 9.97. The molecule has 1 aliphatic rings. The molecule has 1 saturated heterocycles. The van der Waals surface area contributed by atoms with Crippen LogP contribution in [-0.4, -0.2) is 29.0 Å². The van der Waals surface area contributed by atoms with Gasteiger partial charge in [-0.05, 0) is 31.5 Å². The number of nitrogens with zero attached hydrogens (tertiary/aromatic N) is 3. The van der Waals surface area contributed by atoms with Crippen LogP contribution in [0.4, 0.5) is 5.69 Å². The number of hydrogen-bond acceptors (Lipinski definition) is 3. The third-order valence-electron chi connectivity index (χ3n) is 3.36. The third-order valence-corrected chi connectivity index (χ3v) is 3.36. The van der Waals surface area contributed by atoms with Crippen molar-refractivity contribution in [3.8, 4) is 0 Å². The minimum Gasteiger partial charge on any atom is -0.370 e. The highest BCUT2D eigenvalue weighted by Crippen LogP contribution is 2.20. The summed E-state index contributed by atoms with van der Waals surface area (Å²) in [6.07, 6.45) is 7.72. The molecule has 0 aliphatic carbocycles. The first-order chi connectivity index (χ1) is 8.36. The Labute approximate surface area is 101 Å². The van der Waals surface area contributed by atoms with Gasteiger partial charge >= 0.3 is 0 Å². The van der Waals surface area contributed by atoms with E-state index in [1.807, 2.05) is 0 Å². The van der Waals surface area contributed by atoms with Gasteiger partial charge in [0.1, 0.15) is 5.65 Å². The van der Waals surface area contributed by atoms with Gasteiger partial charge in [0.2, 0.25) is 0 Å². The van der Waals surface area contributed by atoms with Gasteiger partial charge < -0.3 is 15.0 Å². The lowest BCUT2D eigenvalue weighted by Crippen LogP contribution is -2.17. The maximum absolute atomic E-state index is 5.55. The molecule has 3 heterocycles. The van der Waals surface area contributed by atoms with Crippen LogP contribution in [0.1, 0.15) is 18.5 Å². The Balaban J connectivity index is 1.94. The average molecular weight is 230 g/mol. The summed E-state index contributed by atoms with van der Waals surface area (Å²) in [5.74, 6) is 0. The van der Waals surface area contributed by atoms with Gasteiger partial charge in [-0.2, -0.15) is 0 Å². The van der Waals surface area contributed by atoms with Crippen molar-refractivity contribution in [2.75, 3.05) is 24.5 Å².